The first-order chi connectivity index (χ1) is 7.22. The number of hydrogen-bond donors (Lipinski definition) is 0. The molecule has 1 heterocycles. The number of methoxy groups -OCH3 is 1. The molecule has 0 saturated carbocycles. The van der Waals surface area contributed by atoms with Crippen molar-refractivity contribution in [1.29, 1.82) is 0 Å². The Morgan fingerprint density at radius 2 is 2.40 bits per heavy atom. The molecule has 0 unspecified atom stereocenters. The van der Waals surface area contributed by atoms with Crippen LogP contribution in [-0.4, -0.2) is 33.4 Å². The standard InChI is InChI=1S/C11H14ClNO2/c1-13-6-8(7-14-2)15-10-5-3-4-9(12)11(10)13/h3-5,8H,6-7H2,1-2H3/t8-/m0/s1. The fourth-order valence-electron chi connectivity index (χ4n) is 1.85. The molecule has 3 nitrogen and oxygen atoms in total. The lowest BCUT2D eigenvalue weighted by Gasteiger charge is -2.34. The van der Waals surface area contributed by atoms with Crippen molar-refractivity contribution in [3.05, 3.63) is 23.2 Å². The van der Waals surface area contributed by atoms with E-state index in [2.05, 4.69) is 4.90 Å². The number of likely N-dealkylation sites (N-methyl/N-ethyl adjacent to an activating group) is 1. The average molecular weight is 228 g/mol. The maximum atomic E-state index is 6.11. The van der Waals surface area contributed by atoms with Gasteiger partial charge in [-0.05, 0) is 12.1 Å². The van der Waals surface area contributed by atoms with Crippen LogP contribution in [0.15, 0.2) is 18.2 Å². The van der Waals surface area contributed by atoms with Crippen molar-refractivity contribution in [2.24, 2.45) is 0 Å². The maximum Gasteiger partial charge on any atom is 0.144 e. The third-order valence-corrected chi connectivity index (χ3v) is 2.76. The molecule has 82 valence electrons. The first-order valence-corrected chi connectivity index (χ1v) is 5.25. The summed E-state index contributed by atoms with van der Waals surface area (Å²) in [6, 6.07) is 5.70. The van der Waals surface area contributed by atoms with Crippen molar-refractivity contribution in [2.45, 2.75) is 6.10 Å². The topological polar surface area (TPSA) is 21.7 Å². The summed E-state index contributed by atoms with van der Waals surface area (Å²) in [4.78, 5) is 2.10. The number of anilines is 1. The predicted octanol–water partition coefficient (Wildman–Crippen LogP) is 2.18. The highest BCUT2D eigenvalue weighted by molar-refractivity contribution is 6.33. The molecule has 15 heavy (non-hydrogen) atoms. The summed E-state index contributed by atoms with van der Waals surface area (Å²) in [5, 5.41) is 0.728. The Hall–Kier alpha value is -0.930. The molecule has 0 spiro atoms. The summed E-state index contributed by atoms with van der Waals surface area (Å²) >= 11 is 6.11. The Morgan fingerprint density at radius 1 is 1.60 bits per heavy atom. The minimum atomic E-state index is 0.0750. The highest BCUT2D eigenvalue weighted by Gasteiger charge is 2.24. The number of para-hydroxylation sites is 1. The van der Waals surface area contributed by atoms with Crippen LogP contribution in [0, 0.1) is 0 Å². The highest BCUT2D eigenvalue weighted by Crippen LogP contribution is 2.38. The van der Waals surface area contributed by atoms with Gasteiger partial charge >= 0.3 is 0 Å². The molecule has 1 aliphatic heterocycles. The normalized spacial score (nSPS) is 19.7. The number of halogens is 1. The van der Waals surface area contributed by atoms with Gasteiger partial charge in [-0.15, -0.1) is 0 Å². The van der Waals surface area contributed by atoms with Crippen LogP contribution in [0.4, 0.5) is 5.69 Å². The number of nitrogens with zero attached hydrogens (tertiary/aromatic N) is 1. The van der Waals surface area contributed by atoms with E-state index in [1.807, 2.05) is 25.2 Å². The summed E-state index contributed by atoms with van der Waals surface area (Å²) in [6.07, 6.45) is 0.0750. The molecule has 0 aromatic heterocycles. The summed E-state index contributed by atoms with van der Waals surface area (Å²) in [5.74, 6) is 0.832. The molecule has 0 aliphatic carbocycles. The van der Waals surface area contributed by atoms with Gasteiger partial charge in [0.1, 0.15) is 11.9 Å². The van der Waals surface area contributed by atoms with Gasteiger partial charge < -0.3 is 14.4 Å². The Balaban J connectivity index is 2.28. The molecule has 0 N–H and O–H groups in total. The van der Waals surface area contributed by atoms with E-state index in [0.29, 0.717) is 6.61 Å². The number of hydrogen-bond acceptors (Lipinski definition) is 3. The van der Waals surface area contributed by atoms with Crippen molar-refractivity contribution < 1.29 is 9.47 Å². The number of ether oxygens (including phenoxy) is 2. The molecular weight excluding hydrogens is 214 g/mol. The lowest BCUT2D eigenvalue weighted by atomic mass is 10.2. The Morgan fingerprint density at radius 3 is 3.13 bits per heavy atom. The third-order valence-electron chi connectivity index (χ3n) is 2.46. The van der Waals surface area contributed by atoms with E-state index < -0.39 is 0 Å². The molecule has 1 aromatic carbocycles. The second kappa shape index (κ2) is 4.29. The maximum absolute atomic E-state index is 6.11. The van der Waals surface area contributed by atoms with Gasteiger partial charge in [0, 0.05) is 14.2 Å². The molecule has 1 atom stereocenters. The second-order valence-electron chi connectivity index (χ2n) is 3.66. The molecule has 4 heteroatoms. The van der Waals surface area contributed by atoms with E-state index in [-0.39, 0.29) is 6.10 Å². The van der Waals surface area contributed by atoms with Crippen LogP contribution in [-0.2, 0) is 4.74 Å². The average Bonchev–Trinajstić information content (AvgIpc) is 2.17. The van der Waals surface area contributed by atoms with Crippen LogP contribution in [0.2, 0.25) is 5.02 Å². The molecule has 1 aliphatic rings. The van der Waals surface area contributed by atoms with Gasteiger partial charge in [0.25, 0.3) is 0 Å². The lowest BCUT2D eigenvalue weighted by molar-refractivity contribution is 0.0801. The first-order valence-electron chi connectivity index (χ1n) is 4.87. The van der Waals surface area contributed by atoms with E-state index in [1.54, 1.807) is 7.11 Å². The van der Waals surface area contributed by atoms with Gasteiger partial charge in [-0.3, -0.25) is 0 Å². The Labute approximate surface area is 94.5 Å². The smallest absolute Gasteiger partial charge is 0.144 e. The monoisotopic (exact) mass is 227 g/mol. The zero-order valence-electron chi connectivity index (χ0n) is 8.87. The molecule has 1 aromatic rings. The van der Waals surface area contributed by atoms with E-state index in [1.165, 1.54) is 0 Å². The fourth-order valence-corrected chi connectivity index (χ4v) is 2.16. The summed E-state index contributed by atoms with van der Waals surface area (Å²) in [5.41, 5.74) is 0.964. The Bertz CT molecular complexity index is 356. The van der Waals surface area contributed by atoms with Crippen LogP contribution in [0.3, 0.4) is 0 Å². The second-order valence-corrected chi connectivity index (χ2v) is 4.07. The number of rotatable bonds is 2. The number of fused-ring (bicyclic) bond motifs is 1. The van der Waals surface area contributed by atoms with E-state index in [0.717, 1.165) is 23.0 Å². The predicted molar refractivity (Wildman–Crippen MR) is 61.0 cm³/mol. The summed E-state index contributed by atoms with van der Waals surface area (Å²) in [6.45, 7) is 1.39. The van der Waals surface area contributed by atoms with E-state index in [4.69, 9.17) is 21.1 Å². The van der Waals surface area contributed by atoms with E-state index in [9.17, 15) is 0 Å². The largest absolute Gasteiger partial charge is 0.484 e. The van der Waals surface area contributed by atoms with Gasteiger partial charge in [0.05, 0.1) is 23.9 Å². The van der Waals surface area contributed by atoms with Gasteiger partial charge in [-0.1, -0.05) is 17.7 Å². The van der Waals surface area contributed by atoms with Crippen molar-refractivity contribution >= 4 is 17.3 Å². The molecule has 0 fully saturated rings. The molecule has 0 saturated heterocycles. The lowest BCUT2D eigenvalue weighted by Crippen LogP contribution is -2.40. The van der Waals surface area contributed by atoms with Gasteiger partial charge in [0.2, 0.25) is 0 Å². The highest BCUT2D eigenvalue weighted by atomic mass is 35.5. The molecule has 0 radical (unpaired) electrons. The van der Waals surface area contributed by atoms with Crippen LogP contribution >= 0.6 is 11.6 Å². The SMILES string of the molecule is COC[C@@H]1CN(C)c2c(Cl)cccc2O1. The van der Waals surface area contributed by atoms with Crippen LogP contribution < -0.4 is 9.64 Å². The zero-order valence-corrected chi connectivity index (χ0v) is 9.62. The van der Waals surface area contributed by atoms with Crippen LogP contribution in [0.25, 0.3) is 0 Å². The summed E-state index contributed by atoms with van der Waals surface area (Å²) < 4.78 is 10.9. The Kier molecular flexibility index (Phi) is 3.03. The third kappa shape index (κ3) is 2.03. The molecule has 0 bridgehead atoms. The first kappa shape index (κ1) is 10.6. The van der Waals surface area contributed by atoms with Crippen LogP contribution in [0.5, 0.6) is 5.75 Å². The molecule has 0 amide bonds. The van der Waals surface area contributed by atoms with Crippen LogP contribution in [0.1, 0.15) is 0 Å². The van der Waals surface area contributed by atoms with Crippen molar-refractivity contribution in [1.82, 2.24) is 0 Å². The fraction of sp³-hybridized carbons (Fsp3) is 0.455. The van der Waals surface area contributed by atoms with Gasteiger partial charge in [0.15, 0.2) is 0 Å². The van der Waals surface area contributed by atoms with Crippen molar-refractivity contribution in [3.8, 4) is 5.75 Å². The zero-order chi connectivity index (χ0) is 10.8. The number of benzene rings is 1. The minimum Gasteiger partial charge on any atom is -0.484 e. The van der Waals surface area contributed by atoms with E-state index >= 15 is 0 Å². The molecular formula is C11H14ClNO2. The van der Waals surface area contributed by atoms with Crippen molar-refractivity contribution in [3.63, 3.8) is 0 Å². The summed E-state index contributed by atoms with van der Waals surface area (Å²) in [7, 11) is 3.69. The minimum absolute atomic E-state index is 0.0750. The van der Waals surface area contributed by atoms with Crippen molar-refractivity contribution in [2.75, 3.05) is 32.2 Å². The molecule has 2 rings (SSSR count). The quantitative estimate of drug-likeness (QED) is 0.773. The van der Waals surface area contributed by atoms with Gasteiger partial charge in [-0.2, -0.15) is 0 Å². The van der Waals surface area contributed by atoms with Gasteiger partial charge in [-0.25, -0.2) is 0 Å².